The van der Waals surface area contributed by atoms with Crippen LogP contribution >= 0.6 is 11.8 Å². The van der Waals surface area contributed by atoms with Gasteiger partial charge in [0.2, 0.25) is 11.1 Å². The van der Waals surface area contributed by atoms with E-state index in [1.807, 2.05) is 12.1 Å². The Balaban J connectivity index is 1.44. The van der Waals surface area contributed by atoms with E-state index in [1.54, 1.807) is 31.4 Å². The molecule has 29 heavy (non-hydrogen) atoms. The number of ether oxygens (including phenoxy) is 2. The number of methoxy groups -OCH3 is 1. The van der Waals surface area contributed by atoms with Gasteiger partial charge in [-0.3, -0.25) is 9.89 Å². The van der Waals surface area contributed by atoms with E-state index >= 15 is 0 Å². The zero-order chi connectivity index (χ0) is 20.6. The van der Waals surface area contributed by atoms with Crippen LogP contribution in [-0.4, -0.2) is 34.0 Å². The van der Waals surface area contributed by atoms with Crippen molar-refractivity contribution in [3.05, 3.63) is 59.9 Å². The van der Waals surface area contributed by atoms with Crippen molar-refractivity contribution in [3.8, 4) is 11.5 Å². The molecule has 0 aliphatic rings. The lowest BCUT2D eigenvalue weighted by Crippen LogP contribution is -2.14. The molecule has 0 saturated carbocycles. The molecule has 7 nitrogen and oxygen atoms in total. The quantitative estimate of drug-likeness (QED) is 0.511. The fraction of sp³-hybridized carbons (Fsp3) is 0.286. The average molecular weight is 413 g/mol. The standard InChI is InChI=1S/C21H24N4O3S/c1-14(2)15-4-8-18(9-5-15)28-12-19-23-21(25-24-19)29-13-20(26)22-16-6-10-17(27-3)11-7-16/h4-11,14H,12-13H2,1-3H3,(H,22,26)(H,23,24,25). The number of hydrogen-bond acceptors (Lipinski definition) is 6. The highest BCUT2D eigenvalue weighted by atomic mass is 32.2. The van der Waals surface area contributed by atoms with Gasteiger partial charge in [-0.25, -0.2) is 4.98 Å². The van der Waals surface area contributed by atoms with Crippen molar-refractivity contribution in [2.45, 2.75) is 31.5 Å². The Morgan fingerprint density at radius 1 is 1.10 bits per heavy atom. The number of aromatic amines is 1. The molecule has 1 amide bonds. The molecule has 0 fully saturated rings. The van der Waals surface area contributed by atoms with Gasteiger partial charge in [0.15, 0.2) is 5.82 Å². The predicted molar refractivity (Wildman–Crippen MR) is 114 cm³/mol. The first-order chi connectivity index (χ1) is 14.0. The Kier molecular flexibility index (Phi) is 7.13. The van der Waals surface area contributed by atoms with Gasteiger partial charge in [-0.1, -0.05) is 37.7 Å². The largest absolute Gasteiger partial charge is 0.497 e. The van der Waals surface area contributed by atoms with Gasteiger partial charge in [0.05, 0.1) is 12.9 Å². The number of thioether (sulfide) groups is 1. The maximum atomic E-state index is 12.1. The summed E-state index contributed by atoms with van der Waals surface area (Å²) in [5, 5.41) is 10.3. The minimum absolute atomic E-state index is 0.131. The minimum Gasteiger partial charge on any atom is -0.497 e. The van der Waals surface area contributed by atoms with E-state index in [1.165, 1.54) is 17.3 Å². The Hall–Kier alpha value is -3.00. The fourth-order valence-electron chi connectivity index (χ4n) is 2.51. The number of anilines is 1. The maximum absolute atomic E-state index is 12.1. The van der Waals surface area contributed by atoms with Crippen LogP contribution in [0.15, 0.2) is 53.7 Å². The van der Waals surface area contributed by atoms with E-state index in [0.29, 0.717) is 22.6 Å². The average Bonchev–Trinajstić information content (AvgIpc) is 3.19. The summed E-state index contributed by atoms with van der Waals surface area (Å²) in [6, 6.07) is 15.2. The number of benzene rings is 2. The van der Waals surface area contributed by atoms with Crippen molar-refractivity contribution in [2.75, 3.05) is 18.2 Å². The summed E-state index contributed by atoms with van der Waals surface area (Å²) in [6.07, 6.45) is 0. The van der Waals surface area contributed by atoms with Crippen LogP contribution in [0.25, 0.3) is 0 Å². The molecular formula is C21H24N4O3S. The predicted octanol–water partition coefficient (Wildman–Crippen LogP) is 4.25. The van der Waals surface area contributed by atoms with Crippen LogP contribution in [0.2, 0.25) is 0 Å². The molecule has 0 aliphatic carbocycles. The van der Waals surface area contributed by atoms with Crippen molar-refractivity contribution in [2.24, 2.45) is 0 Å². The van der Waals surface area contributed by atoms with Gasteiger partial charge in [0.1, 0.15) is 18.1 Å². The van der Waals surface area contributed by atoms with Crippen molar-refractivity contribution < 1.29 is 14.3 Å². The van der Waals surface area contributed by atoms with Crippen molar-refractivity contribution in [3.63, 3.8) is 0 Å². The molecule has 1 aromatic heterocycles. The zero-order valence-electron chi connectivity index (χ0n) is 16.6. The van der Waals surface area contributed by atoms with E-state index in [4.69, 9.17) is 9.47 Å². The SMILES string of the molecule is COc1ccc(NC(=O)CSc2n[nH]c(COc3ccc(C(C)C)cc3)n2)cc1. The second-order valence-corrected chi connectivity index (χ2v) is 7.58. The van der Waals surface area contributed by atoms with Gasteiger partial charge in [0, 0.05) is 5.69 Å². The third kappa shape index (κ3) is 6.25. The van der Waals surface area contributed by atoms with E-state index in [-0.39, 0.29) is 18.3 Å². The second kappa shape index (κ2) is 9.97. The van der Waals surface area contributed by atoms with Crippen LogP contribution < -0.4 is 14.8 Å². The Bertz CT molecular complexity index is 924. The molecular weight excluding hydrogens is 388 g/mol. The van der Waals surface area contributed by atoms with Crippen LogP contribution in [0, 0.1) is 0 Å². The Morgan fingerprint density at radius 3 is 2.45 bits per heavy atom. The molecule has 0 atom stereocenters. The number of nitrogens with zero attached hydrogens (tertiary/aromatic N) is 2. The number of carbonyl (C=O) groups excluding carboxylic acids is 1. The lowest BCUT2D eigenvalue weighted by atomic mass is 10.0. The van der Waals surface area contributed by atoms with Gasteiger partial charge in [-0.2, -0.15) is 0 Å². The molecule has 8 heteroatoms. The van der Waals surface area contributed by atoms with Gasteiger partial charge in [0.25, 0.3) is 0 Å². The number of aromatic nitrogens is 3. The van der Waals surface area contributed by atoms with Crippen LogP contribution in [0.1, 0.15) is 31.2 Å². The summed E-state index contributed by atoms with van der Waals surface area (Å²) in [5.74, 6) is 2.69. The molecule has 0 bridgehead atoms. The molecule has 3 rings (SSSR count). The number of carbonyl (C=O) groups is 1. The minimum atomic E-state index is -0.131. The Labute approximate surface area is 174 Å². The van der Waals surface area contributed by atoms with Gasteiger partial charge in [-0.15, -0.1) is 5.10 Å². The first-order valence-corrected chi connectivity index (χ1v) is 10.2. The number of nitrogens with one attached hydrogen (secondary N) is 2. The fourth-order valence-corrected chi connectivity index (χ4v) is 3.13. The molecule has 152 valence electrons. The number of rotatable bonds is 9. The normalized spacial score (nSPS) is 10.8. The third-order valence-electron chi connectivity index (χ3n) is 4.14. The molecule has 1 heterocycles. The first kappa shape index (κ1) is 20.7. The number of amides is 1. The van der Waals surface area contributed by atoms with Crippen molar-refractivity contribution in [1.82, 2.24) is 15.2 Å². The van der Waals surface area contributed by atoms with E-state index in [0.717, 1.165) is 11.5 Å². The smallest absolute Gasteiger partial charge is 0.234 e. The van der Waals surface area contributed by atoms with Crippen molar-refractivity contribution >= 4 is 23.4 Å². The summed E-state index contributed by atoms with van der Waals surface area (Å²) in [7, 11) is 1.60. The van der Waals surface area contributed by atoms with Crippen LogP contribution in [0.4, 0.5) is 5.69 Å². The second-order valence-electron chi connectivity index (χ2n) is 6.64. The maximum Gasteiger partial charge on any atom is 0.234 e. The summed E-state index contributed by atoms with van der Waals surface area (Å²) >= 11 is 1.26. The summed E-state index contributed by atoms with van der Waals surface area (Å²) in [4.78, 5) is 16.4. The van der Waals surface area contributed by atoms with Gasteiger partial charge in [-0.05, 0) is 47.9 Å². The lowest BCUT2D eigenvalue weighted by Gasteiger charge is -2.07. The molecule has 0 aliphatic heterocycles. The summed E-state index contributed by atoms with van der Waals surface area (Å²) < 4.78 is 10.8. The van der Waals surface area contributed by atoms with E-state index in [9.17, 15) is 4.79 Å². The number of hydrogen-bond donors (Lipinski definition) is 2. The van der Waals surface area contributed by atoms with Crippen LogP contribution in [0.3, 0.4) is 0 Å². The highest BCUT2D eigenvalue weighted by molar-refractivity contribution is 7.99. The summed E-state index contributed by atoms with van der Waals surface area (Å²) in [5.41, 5.74) is 1.98. The molecule has 2 N–H and O–H groups in total. The van der Waals surface area contributed by atoms with Gasteiger partial charge < -0.3 is 14.8 Å². The molecule has 0 saturated heterocycles. The third-order valence-corrected chi connectivity index (χ3v) is 4.99. The molecule has 0 radical (unpaired) electrons. The van der Waals surface area contributed by atoms with Crippen molar-refractivity contribution in [1.29, 1.82) is 0 Å². The first-order valence-electron chi connectivity index (χ1n) is 9.24. The molecule has 3 aromatic rings. The van der Waals surface area contributed by atoms with Gasteiger partial charge >= 0.3 is 0 Å². The molecule has 0 spiro atoms. The Morgan fingerprint density at radius 2 is 1.79 bits per heavy atom. The lowest BCUT2D eigenvalue weighted by molar-refractivity contribution is -0.113. The highest BCUT2D eigenvalue weighted by Crippen LogP contribution is 2.20. The topological polar surface area (TPSA) is 89.1 Å². The summed E-state index contributed by atoms with van der Waals surface area (Å²) in [6.45, 7) is 4.59. The highest BCUT2D eigenvalue weighted by Gasteiger charge is 2.09. The number of H-pyrrole nitrogens is 1. The zero-order valence-corrected chi connectivity index (χ0v) is 17.5. The van der Waals surface area contributed by atoms with E-state index < -0.39 is 0 Å². The van der Waals surface area contributed by atoms with Crippen LogP contribution in [-0.2, 0) is 11.4 Å². The monoisotopic (exact) mass is 412 g/mol. The van der Waals surface area contributed by atoms with Crippen LogP contribution in [0.5, 0.6) is 11.5 Å². The molecule has 0 unspecified atom stereocenters. The van der Waals surface area contributed by atoms with E-state index in [2.05, 4.69) is 46.5 Å². The molecule has 2 aromatic carbocycles.